The van der Waals surface area contributed by atoms with Crippen LogP contribution in [0.5, 0.6) is 0 Å². The molecule has 1 aromatic heterocycles. The number of pyridine rings is 1. The first-order valence-electron chi connectivity index (χ1n) is 5.76. The summed E-state index contributed by atoms with van der Waals surface area (Å²) in [7, 11) is 1.30. The van der Waals surface area contributed by atoms with E-state index in [1.165, 1.54) is 25.4 Å². The van der Waals surface area contributed by atoms with Gasteiger partial charge in [0.25, 0.3) is 5.91 Å². The SMILES string of the molecule is CCC(C)(C)NC(=O)c1ccc(C(=O)OC)cn1. The topological polar surface area (TPSA) is 68.3 Å². The van der Waals surface area contributed by atoms with Gasteiger partial charge in [-0.2, -0.15) is 0 Å². The van der Waals surface area contributed by atoms with Gasteiger partial charge in [-0.05, 0) is 32.4 Å². The third kappa shape index (κ3) is 3.55. The fourth-order valence-electron chi connectivity index (χ4n) is 1.23. The Morgan fingerprint density at radius 2 is 2.06 bits per heavy atom. The van der Waals surface area contributed by atoms with Crippen molar-refractivity contribution in [1.29, 1.82) is 0 Å². The third-order valence-corrected chi connectivity index (χ3v) is 2.75. The Morgan fingerprint density at radius 1 is 1.39 bits per heavy atom. The maximum absolute atomic E-state index is 11.9. The van der Waals surface area contributed by atoms with Gasteiger partial charge in [0.1, 0.15) is 5.69 Å². The highest BCUT2D eigenvalue weighted by molar-refractivity contribution is 5.94. The van der Waals surface area contributed by atoms with Crippen molar-refractivity contribution in [3.63, 3.8) is 0 Å². The van der Waals surface area contributed by atoms with E-state index in [2.05, 4.69) is 15.0 Å². The molecule has 0 atom stereocenters. The molecule has 0 radical (unpaired) electrons. The van der Waals surface area contributed by atoms with Crippen molar-refractivity contribution < 1.29 is 14.3 Å². The van der Waals surface area contributed by atoms with Crippen molar-refractivity contribution in [3.05, 3.63) is 29.6 Å². The molecule has 0 aliphatic rings. The highest BCUT2D eigenvalue weighted by Gasteiger charge is 2.19. The largest absolute Gasteiger partial charge is 0.465 e. The first kappa shape index (κ1) is 14.2. The Labute approximate surface area is 107 Å². The quantitative estimate of drug-likeness (QED) is 0.827. The number of hydrogen-bond acceptors (Lipinski definition) is 4. The summed E-state index contributed by atoms with van der Waals surface area (Å²) >= 11 is 0. The molecule has 0 saturated carbocycles. The zero-order chi connectivity index (χ0) is 13.8. The number of amides is 1. The molecular formula is C13H18N2O3. The van der Waals surface area contributed by atoms with Crippen LogP contribution < -0.4 is 5.32 Å². The van der Waals surface area contributed by atoms with Crippen LogP contribution in [0, 0.1) is 0 Å². The van der Waals surface area contributed by atoms with Crippen molar-refractivity contribution in [2.45, 2.75) is 32.7 Å². The maximum Gasteiger partial charge on any atom is 0.339 e. The van der Waals surface area contributed by atoms with Gasteiger partial charge >= 0.3 is 5.97 Å². The van der Waals surface area contributed by atoms with E-state index in [0.29, 0.717) is 5.56 Å². The molecule has 1 heterocycles. The predicted molar refractivity (Wildman–Crippen MR) is 67.4 cm³/mol. The number of esters is 1. The van der Waals surface area contributed by atoms with Crippen LogP contribution in [0.3, 0.4) is 0 Å². The summed E-state index contributed by atoms with van der Waals surface area (Å²) in [5, 5.41) is 2.87. The van der Waals surface area contributed by atoms with Crippen LogP contribution in [0.1, 0.15) is 48.0 Å². The number of hydrogen-bond donors (Lipinski definition) is 1. The Kier molecular flexibility index (Phi) is 4.42. The van der Waals surface area contributed by atoms with E-state index in [-0.39, 0.29) is 17.1 Å². The minimum Gasteiger partial charge on any atom is -0.465 e. The average molecular weight is 250 g/mol. The van der Waals surface area contributed by atoms with Gasteiger partial charge in [0, 0.05) is 11.7 Å². The molecule has 1 rings (SSSR count). The molecule has 1 amide bonds. The number of methoxy groups -OCH3 is 1. The summed E-state index contributed by atoms with van der Waals surface area (Å²) in [6.45, 7) is 5.87. The molecule has 5 heteroatoms. The molecule has 0 fully saturated rings. The zero-order valence-electron chi connectivity index (χ0n) is 11.1. The van der Waals surface area contributed by atoms with E-state index in [1.54, 1.807) is 0 Å². The molecule has 18 heavy (non-hydrogen) atoms. The van der Waals surface area contributed by atoms with Crippen LogP contribution in [0.2, 0.25) is 0 Å². The fraction of sp³-hybridized carbons (Fsp3) is 0.462. The van der Waals surface area contributed by atoms with Crippen molar-refractivity contribution in [1.82, 2.24) is 10.3 Å². The average Bonchev–Trinajstić information content (AvgIpc) is 2.37. The molecule has 0 bridgehead atoms. The van der Waals surface area contributed by atoms with E-state index < -0.39 is 5.97 Å². The number of carbonyl (C=O) groups excluding carboxylic acids is 2. The van der Waals surface area contributed by atoms with Gasteiger partial charge in [-0.25, -0.2) is 4.79 Å². The monoisotopic (exact) mass is 250 g/mol. The lowest BCUT2D eigenvalue weighted by Gasteiger charge is -2.24. The number of aromatic nitrogens is 1. The summed E-state index contributed by atoms with van der Waals surface area (Å²) in [6, 6.07) is 3.03. The summed E-state index contributed by atoms with van der Waals surface area (Å²) in [6.07, 6.45) is 2.15. The lowest BCUT2D eigenvalue weighted by Crippen LogP contribution is -2.43. The van der Waals surface area contributed by atoms with Gasteiger partial charge in [-0.3, -0.25) is 9.78 Å². The number of rotatable bonds is 4. The standard InChI is InChI=1S/C13H18N2O3/c1-5-13(2,3)15-11(16)10-7-6-9(8-14-10)12(17)18-4/h6-8H,5H2,1-4H3,(H,15,16). The lowest BCUT2D eigenvalue weighted by molar-refractivity contribution is 0.0599. The first-order chi connectivity index (χ1) is 8.39. The van der Waals surface area contributed by atoms with Gasteiger partial charge < -0.3 is 10.1 Å². The van der Waals surface area contributed by atoms with Crippen LogP contribution in [0.25, 0.3) is 0 Å². The summed E-state index contributed by atoms with van der Waals surface area (Å²) < 4.78 is 4.56. The molecule has 0 aromatic carbocycles. The third-order valence-electron chi connectivity index (χ3n) is 2.75. The van der Waals surface area contributed by atoms with E-state index in [4.69, 9.17) is 0 Å². The Morgan fingerprint density at radius 3 is 2.50 bits per heavy atom. The molecule has 0 unspecified atom stereocenters. The molecule has 1 N–H and O–H groups in total. The van der Waals surface area contributed by atoms with Gasteiger partial charge in [0.2, 0.25) is 0 Å². The highest BCUT2D eigenvalue weighted by Crippen LogP contribution is 2.09. The Bertz CT molecular complexity index is 438. The minimum absolute atomic E-state index is 0.252. The number of ether oxygens (including phenoxy) is 1. The zero-order valence-corrected chi connectivity index (χ0v) is 11.1. The predicted octanol–water partition coefficient (Wildman–Crippen LogP) is 1.79. The lowest BCUT2D eigenvalue weighted by atomic mass is 10.0. The van der Waals surface area contributed by atoms with Crippen molar-refractivity contribution >= 4 is 11.9 Å². The van der Waals surface area contributed by atoms with Crippen LogP contribution in [-0.4, -0.2) is 29.5 Å². The summed E-state index contributed by atoms with van der Waals surface area (Å²) in [5.74, 6) is -0.721. The Balaban J connectivity index is 2.80. The molecule has 0 aliphatic carbocycles. The first-order valence-corrected chi connectivity index (χ1v) is 5.76. The van der Waals surface area contributed by atoms with Gasteiger partial charge in [-0.15, -0.1) is 0 Å². The van der Waals surface area contributed by atoms with E-state index >= 15 is 0 Å². The van der Waals surface area contributed by atoms with Crippen LogP contribution >= 0.6 is 0 Å². The smallest absolute Gasteiger partial charge is 0.339 e. The van der Waals surface area contributed by atoms with Crippen molar-refractivity contribution in [3.8, 4) is 0 Å². The molecule has 0 spiro atoms. The number of nitrogens with one attached hydrogen (secondary N) is 1. The second-order valence-electron chi connectivity index (χ2n) is 4.62. The number of carbonyl (C=O) groups is 2. The molecule has 5 nitrogen and oxygen atoms in total. The van der Waals surface area contributed by atoms with Gasteiger partial charge in [0.15, 0.2) is 0 Å². The molecule has 0 saturated heterocycles. The van der Waals surface area contributed by atoms with E-state index in [0.717, 1.165) is 6.42 Å². The maximum atomic E-state index is 11.9. The van der Waals surface area contributed by atoms with Crippen LogP contribution in [0.4, 0.5) is 0 Å². The summed E-state index contributed by atoms with van der Waals surface area (Å²) in [5.41, 5.74) is 0.327. The van der Waals surface area contributed by atoms with Gasteiger partial charge in [-0.1, -0.05) is 6.92 Å². The van der Waals surface area contributed by atoms with E-state index in [9.17, 15) is 9.59 Å². The second kappa shape index (κ2) is 5.62. The minimum atomic E-state index is -0.469. The van der Waals surface area contributed by atoms with E-state index in [1.807, 2.05) is 20.8 Å². The Hall–Kier alpha value is -1.91. The molecule has 0 aliphatic heterocycles. The summed E-state index contributed by atoms with van der Waals surface area (Å²) in [4.78, 5) is 27.0. The molecule has 98 valence electrons. The highest BCUT2D eigenvalue weighted by atomic mass is 16.5. The molecular weight excluding hydrogens is 232 g/mol. The van der Waals surface area contributed by atoms with Crippen molar-refractivity contribution in [2.75, 3.05) is 7.11 Å². The van der Waals surface area contributed by atoms with Crippen molar-refractivity contribution in [2.24, 2.45) is 0 Å². The molecule has 1 aromatic rings. The fourth-order valence-corrected chi connectivity index (χ4v) is 1.23. The van der Waals surface area contributed by atoms with Crippen LogP contribution in [-0.2, 0) is 4.74 Å². The second-order valence-corrected chi connectivity index (χ2v) is 4.62. The van der Waals surface area contributed by atoms with Crippen LogP contribution in [0.15, 0.2) is 18.3 Å². The normalized spacial score (nSPS) is 10.9. The number of nitrogens with zero attached hydrogens (tertiary/aromatic N) is 1. The van der Waals surface area contributed by atoms with Gasteiger partial charge in [0.05, 0.1) is 12.7 Å².